The molecule has 0 aliphatic heterocycles. The van der Waals surface area contributed by atoms with Crippen LogP contribution < -0.4 is 10.1 Å². The van der Waals surface area contributed by atoms with Gasteiger partial charge in [0.05, 0.1) is 7.11 Å². The SMILES string of the molecule is COc1ccc(NCc2c(Cl)cccc2Cl)cc1F. The lowest BCUT2D eigenvalue weighted by Gasteiger charge is -2.10. The Morgan fingerprint density at radius 1 is 1.16 bits per heavy atom. The van der Waals surface area contributed by atoms with Crippen LogP contribution in [0.15, 0.2) is 36.4 Å². The van der Waals surface area contributed by atoms with Crippen LogP contribution in [-0.2, 0) is 6.54 Å². The molecule has 0 bridgehead atoms. The zero-order valence-electron chi connectivity index (χ0n) is 10.2. The van der Waals surface area contributed by atoms with E-state index in [2.05, 4.69) is 5.32 Å². The molecule has 0 unspecified atom stereocenters. The lowest BCUT2D eigenvalue weighted by Crippen LogP contribution is -2.01. The number of hydrogen-bond donors (Lipinski definition) is 1. The van der Waals surface area contributed by atoms with E-state index in [4.69, 9.17) is 27.9 Å². The molecule has 5 heteroatoms. The molecule has 0 saturated carbocycles. The second-order valence-corrected chi connectivity index (χ2v) is 4.72. The molecule has 0 atom stereocenters. The first kappa shape index (κ1) is 14.0. The van der Waals surface area contributed by atoms with Crippen LogP contribution in [0.3, 0.4) is 0 Å². The Morgan fingerprint density at radius 3 is 2.42 bits per heavy atom. The van der Waals surface area contributed by atoms with E-state index in [-0.39, 0.29) is 5.75 Å². The predicted octanol–water partition coefficient (Wildman–Crippen LogP) is 4.75. The topological polar surface area (TPSA) is 21.3 Å². The van der Waals surface area contributed by atoms with E-state index in [0.717, 1.165) is 5.56 Å². The Bertz CT molecular complexity index is 569. The first-order valence-corrected chi connectivity index (χ1v) is 6.37. The van der Waals surface area contributed by atoms with Crippen LogP contribution in [0.4, 0.5) is 10.1 Å². The molecule has 1 N–H and O–H groups in total. The van der Waals surface area contributed by atoms with Gasteiger partial charge in [0.25, 0.3) is 0 Å². The summed E-state index contributed by atoms with van der Waals surface area (Å²) >= 11 is 12.1. The zero-order valence-corrected chi connectivity index (χ0v) is 11.7. The third-order valence-electron chi connectivity index (χ3n) is 2.68. The van der Waals surface area contributed by atoms with Crippen molar-refractivity contribution in [3.05, 3.63) is 57.8 Å². The second-order valence-electron chi connectivity index (χ2n) is 3.90. The molecule has 19 heavy (non-hydrogen) atoms. The maximum Gasteiger partial charge on any atom is 0.167 e. The van der Waals surface area contributed by atoms with Gasteiger partial charge in [-0.2, -0.15) is 0 Å². The molecule has 0 amide bonds. The molecule has 0 heterocycles. The molecule has 2 aromatic rings. The van der Waals surface area contributed by atoms with E-state index in [1.807, 2.05) is 0 Å². The van der Waals surface area contributed by atoms with Crippen molar-refractivity contribution in [1.82, 2.24) is 0 Å². The molecule has 0 radical (unpaired) electrons. The minimum atomic E-state index is -0.419. The van der Waals surface area contributed by atoms with Gasteiger partial charge in [0.1, 0.15) is 0 Å². The fourth-order valence-corrected chi connectivity index (χ4v) is 2.20. The number of nitrogens with one attached hydrogen (secondary N) is 1. The molecule has 2 nitrogen and oxygen atoms in total. The van der Waals surface area contributed by atoms with Crippen molar-refractivity contribution in [2.75, 3.05) is 12.4 Å². The van der Waals surface area contributed by atoms with Gasteiger partial charge in [0.15, 0.2) is 11.6 Å². The number of methoxy groups -OCH3 is 1. The molecule has 0 aliphatic carbocycles. The van der Waals surface area contributed by atoms with Crippen LogP contribution in [0, 0.1) is 5.82 Å². The number of benzene rings is 2. The fraction of sp³-hybridized carbons (Fsp3) is 0.143. The summed E-state index contributed by atoms with van der Waals surface area (Å²) in [5.74, 6) is -0.209. The van der Waals surface area contributed by atoms with Crippen molar-refractivity contribution in [2.24, 2.45) is 0 Å². The molecule has 2 aromatic carbocycles. The lowest BCUT2D eigenvalue weighted by molar-refractivity contribution is 0.386. The number of anilines is 1. The van der Waals surface area contributed by atoms with E-state index in [1.165, 1.54) is 13.2 Å². The quantitative estimate of drug-likeness (QED) is 0.879. The number of ether oxygens (including phenoxy) is 1. The molecule has 0 saturated heterocycles. The smallest absolute Gasteiger partial charge is 0.167 e. The molecule has 2 rings (SSSR count). The Morgan fingerprint density at radius 2 is 1.84 bits per heavy atom. The minimum absolute atomic E-state index is 0.210. The van der Waals surface area contributed by atoms with Gasteiger partial charge in [-0.3, -0.25) is 0 Å². The normalized spacial score (nSPS) is 10.3. The van der Waals surface area contributed by atoms with Crippen molar-refractivity contribution >= 4 is 28.9 Å². The highest BCUT2D eigenvalue weighted by molar-refractivity contribution is 6.36. The maximum absolute atomic E-state index is 13.5. The van der Waals surface area contributed by atoms with Crippen LogP contribution in [-0.4, -0.2) is 7.11 Å². The van der Waals surface area contributed by atoms with Crippen molar-refractivity contribution in [3.8, 4) is 5.75 Å². The standard InChI is InChI=1S/C14H12Cl2FNO/c1-19-14-6-5-9(7-13(14)17)18-8-10-11(15)3-2-4-12(10)16/h2-7,18H,8H2,1H3. The highest BCUT2D eigenvalue weighted by Gasteiger charge is 2.07. The van der Waals surface area contributed by atoms with Crippen molar-refractivity contribution < 1.29 is 9.13 Å². The summed E-state index contributed by atoms with van der Waals surface area (Å²) in [6.45, 7) is 0.421. The predicted molar refractivity (Wildman–Crippen MR) is 76.7 cm³/mol. The van der Waals surface area contributed by atoms with Gasteiger partial charge < -0.3 is 10.1 Å². The van der Waals surface area contributed by atoms with Gasteiger partial charge in [0.2, 0.25) is 0 Å². The Hall–Kier alpha value is -1.45. The lowest BCUT2D eigenvalue weighted by atomic mass is 10.2. The molecule has 0 aliphatic rings. The Kier molecular flexibility index (Phi) is 4.51. The minimum Gasteiger partial charge on any atom is -0.494 e. The van der Waals surface area contributed by atoms with E-state index >= 15 is 0 Å². The van der Waals surface area contributed by atoms with Gasteiger partial charge in [-0.15, -0.1) is 0 Å². The summed E-state index contributed by atoms with van der Waals surface area (Å²) in [5.41, 5.74) is 1.41. The summed E-state index contributed by atoms with van der Waals surface area (Å²) in [5, 5.41) is 4.23. The second kappa shape index (κ2) is 6.13. The van der Waals surface area contributed by atoms with Crippen LogP contribution in [0.25, 0.3) is 0 Å². The van der Waals surface area contributed by atoms with Gasteiger partial charge in [0, 0.05) is 33.9 Å². The largest absolute Gasteiger partial charge is 0.494 e. The number of hydrogen-bond acceptors (Lipinski definition) is 2. The zero-order chi connectivity index (χ0) is 13.8. The summed E-state index contributed by atoms with van der Waals surface area (Å²) < 4.78 is 18.4. The highest BCUT2D eigenvalue weighted by atomic mass is 35.5. The molecule has 0 aromatic heterocycles. The van der Waals surface area contributed by atoms with Gasteiger partial charge in [-0.05, 0) is 24.3 Å². The van der Waals surface area contributed by atoms with Crippen molar-refractivity contribution in [1.29, 1.82) is 0 Å². The molecular formula is C14H12Cl2FNO. The number of halogens is 3. The first-order valence-electron chi connectivity index (χ1n) is 5.62. The average molecular weight is 300 g/mol. The van der Waals surface area contributed by atoms with E-state index in [0.29, 0.717) is 22.3 Å². The van der Waals surface area contributed by atoms with Gasteiger partial charge in [-0.25, -0.2) is 4.39 Å². The van der Waals surface area contributed by atoms with E-state index in [9.17, 15) is 4.39 Å². The van der Waals surface area contributed by atoms with Crippen LogP contribution in [0.2, 0.25) is 10.0 Å². The van der Waals surface area contributed by atoms with Crippen LogP contribution >= 0.6 is 23.2 Å². The van der Waals surface area contributed by atoms with Crippen LogP contribution in [0.5, 0.6) is 5.75 Å². The maximum atomic E-state index is 13.5. The average Bonchev–Trinajstić information content (AvgIpc) is 2.38. The third-order valence-corrected chi connectivity index (χ3v) is 3.39. The molecular weight excluding hydrogens is 288 g/mol. The van der Waals surface area contributed by atoms with Gasteiger partial charge in [-0.1, -0.05) is 29.3 Å². The monoisotopic (exact) mass is 299 g/mol. The van der Waals surface area contributed by atoms with Gasteiger partial charge >= 0.3 is 0 Å². The molecule has 100 valence electrons. The van der Waals surface area contributed by atoms with E-state index < -0.39 is 5.82 Å². The summed E-state index contributed by atoms with van der Waals surface area (Å²) in [6.07, 6.45) is 0. The first-order chi connectivity index (χ1) is 9.11. The Balaban J connectivity index is 2.13. The molecule has 0 fully saturated rings. The van der Waals surface area contributed by atoms with Crippen LogP contribution in [0.1, 0.15) is 5.56 Å². The Labute approximate surface area is 121 Å². The highest BCUT2D eigenvalue weighted by Crippen LogP contribution is 2.26. The summed E-state index contributed by atoms with van der Waals surface area (Å²) in [7, 11) is 1.43. The van der Waals surface area contributed by atoms with E-state index in [1.54, 1.807) is 30.3 Å². The summed E-state index contributed by atoms with van der Waals surface area (Å²) in [6, 6.07) is 9.96. The van der Waals surface area contributed by atoms with Crippen molar-refractivity contribution in [2.45, 2.75) is 6.54 Å². The molecule has 0 spiro atoms. The number of rotatable bonds is 4. The van der Waals surface area contributed by atoms with Crippen molar-refractivity contribution in [3.63, 3.8) is 0 Å². The fourth-order valence-electron chi connectivity index (χ4n) is 1.67. The summed E-state index contributed by atoms with van der Waals surface area (Å²) in [4.78, 5) is 0. The third kappa shape index (κ3) is 3.31.